The highest BCUT2D eigenvalue weighted by Gasteiger charge is 2.25. The number of anilines is 1. The number of hydrogen-bond acceptors (Lipinski definition) is 2. The Morgan fingerprint density at radius 1 is 1.12 bits per heavy atom. The first-order chi connectivity index (χ1) is 11.7. The molecule has 0 saturated carbocycles. The lowest BCUT2D eigenvalue weighted by molar-refractivity contribution is 0.168. The molecule has 1 aromatic rings. The van der Waals surface area contributed by atoms with Crippen LogP contribution in [0.5, 0.6) is 0 Å². The summed E-state index contributed by atoms with van der Waals surface area (Å²) in [4.78, 5) is 16.7. The van der Waals surface area contributed by atoms with Gasteiger partial charge in [0.1, 0.15) is 0 Å². The minimum Gasteiger partial charge on any atom is -0.371 e. The van der Waals surface area contributed by atoms with Crippen LogP contribution in [0.25, 0.3) is 0 Å². The summed E-state index contributed by atoms with van der Waals surface area (Å²) in [5.74, 6) is 1.33. The Hall–Kier alpha value is -1.42. The molecule has 1 unspecified atom stereocenters. The number of nitrogens with zero attached hydrogens (tertiary/aromatic N) is 2. The molecule has 2 fully saturated rings. The third-order valence-electron chi connectivity index (χ3n) is 5.50. The first kappa shape index (κ1) is 17.4. The average Bonchev–Trinajstić information content (AvgIpc) is 3.09. The van der Waals surface area contributed by atoms with Gasteiger partial charge in [0.25, 0.3) is 0 Å². The molecule has 1 aromatic carbocycles. The molecule has 2 amide bonds. The van der Waals surface area contributed by atoms with E-state index in [4.69, 9.17) is 11.6 Å². The molecular formula is C19H28ClN3O. The van der Waals surface area contributed by atoms with Crippen molar-refractivity contribution >= 4 is 23.3 Å². The zero-order valence-corrected chi connectivity index (χ0v) is 15.3. The number of carbonyl (C=O) groups excluding carboxylic acids is 1. The number of rotatable bonds is 4. The van der Waals surface area contributed by atoms with Gasteiger partial charge in [0.15, 0.2) is 0 Å². The number of benzene rings is 1. The van der Waals surface area contributed by atoms with E-state index in [0.717, 1.165) is 62.9 Å². The Morgan fingerprint density at radius 2 is 1.79 bits per heavy atom. The van der Waals surface area contributed by atoms with E-state index >= 15 is 0 Å². The lowest BCUT2D eigenvalue weighted by Gasteiger charge is -2.31. The van der Waals surface area contributed by atoms with Crippen LogP contribution in [0.3, 0.4) is 0 Å². The molecule has 0 radical (unpaired) electrons. The molecule has 0 bridgehead atoms. The number of amides is 2. The van der Waals surface area contributed by atoms with Gasteiger partial charge in [-0.3, -0.25) is 0 Å². The second-order valence-corrected chi connectivity index (χ2v) is 7.54. The van der Waals surface area contributed by atoms with Gasteiger partial charge in [-0.2, -0.15) is 0 Å². The van der Waals surface area contributed by atoms with Crippen molar-refractivity contribution in [1.29, 1.82) is 0 Å². The Balaban J connectivity index is 1.41. The summed E-state index contributed by atoms with van der Waals surface area (Å²) in [6, 6.07) is 8.13. The standard InChI is InChI=1S/C19H28ClN3O/c1-2-15-7-10-22(11-8-15)19(24)21-13-16-9-12-23(14-16)18-5-3-17(20)4-6-18/h3-6,15-16H,2,7-14H2,1H3,(H,21,24). The molecule has 1 N–H and O–H groups in total. The van der Waals surface area contributed by atoms with Crippen LogP contribution in [-0.4, -0.2) is 43.7 Å². The maximum atomic E-state index is 12.3. The van der Waals surface area contributed by atoms with Crippen molar-refractivity contribution in [3.63, 3.8) is 0 Å². The van der Waals surface area contributed by atoms with Gasteiger partial charge in [-0.05, 0) is 55.4 Å². The van der Waals surface area contributed by atoms with Gasteiger partial charge in [0.2, 0.25) is 0 Å². The van der Waals surface area contributed by atoms with Gasteiger partial charge in [-0.25, -0.2) is 4.79 Å². The first-order valence-corrected chi connectivity index (χ1v) is 9.56. The topological polar surface area (TPSA) is 35.6 Å². The highest BCUT2D eigenvalue weighted by molar-refractivity contribution is 6.30. The van der Waals surface area contributed by atoms with Crippen LogP contribution in [0.15, 0.2) is 24.3 Å². The highest BCUT2D eigenvalue weighted by atomic mass is 35.5. The van der Waals surface area contributed by atoms with Gasteiger partial charge in [0.05, 0.1) is 0 Å². The summed E-state index contributed by atoms with van der Waals surface area (Å²) < 4.78 is 0. The van der Waals surface area contributed by atoms with Crippen LogP contribution >= 0.6 is 11.6 Å². The third kappa shape index (κ3) is 4.35. The summed E-state index contributed by atoms with van der Waals surface area (Å²) in [6.45, 7) is 6.88. The van der Waals surface area contributed by atoms with Crippen molar-refractivity contribution in [2.24, 2.45) is 11.8 Å². The van der Waals surface area contributed by atoms with Crippen LogP contribution in [0.2, 0.25) is 5.02 Å². The maximum absolute atomic E-state index is 12.3. The molecule has 0 spiro atoms. The molecule has 5 heteroatoms. The minimum atomic E-state index is 0.120. The maximum Gasteiger partial charge on any atom is 0.317 e. The number of piperidine rings is 1. The minimum absolute atomic E-state index is 0.120. The molecule has 24 heavy (non-hydrogen) atoms. The number of hydrogen-bond donors (Lipinski definition) is 1. The lowest BCUT2D eigenvalue weighted by Crippen LogP contribution is -2.45. The molecule has 4 nitrogen and oxygen atoms in total. The molecule has 2 aliphatic heterocycles. The number of nitrogens with one attached hydrogen (secondary N) is 1. The SMILES string of the molecule is CCC1CCN(C(=O)NCC2CCN(c3ccc(Cl)cc3)C2)CC1. The van der Waals surface area contributed by atoms with Gasteiger partial charge in [-0.15, -0.1) is 0 Å². The summed E-state index contributed by atoms with van der Waals surface area (Å²) in [6.07, 6.45) is 4.66. The van der Waals surface area contributed by atoms with E-state index in [9.17, 15) is 4.79 Å². The van der Waals surface area contributed by atoms with Crippen molar-refractivity contribution in [2.45, 2.75) is 32.6 Å². The Bertz CT molecular complexity index is 540. The molecule has 1 atom stereocenters. The fraction of sp³-hybridized carbons (Fsp3) is 0.632. The number of carbonyl (C=O) groups is 1. The molecule has 3 rings (SSSR count). The summed E-state index contributed by atoms with van der Waals surface area (Å²) in [5, 5.41) is 3.92. The van der Waals surface area contributed by atoms with Crippen LogP contribution in [0.4, 0.5) is 10.5 Å². The van der Waals surface area contributed by atoms with E-state index in [1.165, 1.54) is 12.1 Å². The van der Waals surface area contributed by atoms with Crippen LogP contribution < -0.4 is 10.2 Å². The Kier molecular flexibility index (Phi) is 5.88. The van der Waals surface area contributed by atoms with E-state index in [-0.39, 0.29) is 6.03 Å². The van der Waals surface area contributed by atoms with E-state index in [1.54, 1.807) is 0 Å². The van der Waals surface area contributed by atoms with Crippen LogP contribution in [0, 0.1) is 11.8 Å². The molecule has 2 saturated heterocycles. The molecule has 0 aliphatic carbocycles. The monoisotopic (exact) mass is 349 g/mol. The van der Waals surface area contributed by atoms with Crippen molar-refractivity contribution in [2.75, 3.05) is 37.6 Å². The summed E-state index contributed by atoms with van der Waals surface area (Å²) in [7, 11) is 0. The fourth-order valence-corrected chi connectivity index (χ4v) is 3.90. The second-order valence-electron chi connectivity index (χ2n) is 7.10. The molecule has 132 valence electrons. The quantitative estimate of drug-likeness (QED) is 0.891. The normalized spacial score (nSPS) is 22.0. The largest absolute Gasteiger partial charge is 0.371 e. The van der Waals surface area contributed by atoms with Gasteiger partial charge >= 0.3 is 6.03 Å². The second kappa shape index (κ2) is 8.11. The number of urea groups is 1. The van der Waals surface area contributed by atoms with Gasteiger partial charge < -0.3 is 15.1 Å². The predicted molar refractivity (Wildman–Crippen MR) is 99.8 cm³/mol. The highest BCUT2D eigenvalue weighted by Crippen LogP contribution is 2.25. The molecule has 2 aliphatic rings. The molecular weight excluding hydrogens is 322 g/mol. The summed E-state index contributed by atoms with van der Waals surface area (Å²) >= 11 is 5.95. The Morgan fingerprint density at radius 3 is 2.46 bits per heavy atom. The zero-order chi connectivity index (χ0) is 16.9. The van der Waals surface area contributed by atoms with Crippen LogP contribution in [0.1, 0.15) is 32.6 Å². The van der Waals surface area contributed by atoms with E-state index < -0.39 is 0 Å². The molecule has 2 heterocycles. The molecule has 0 aromatic heterocycles. The Labute approximate surface area is 150 Å². The van der Waals surface area contributed by atoms with Crippen molar-refractivity contribution < 1.29 is 4.79 Å². The summed E-state index contributed by atoms with van der Waals surface area (Å²) in [5.41, 5.74) is 1.22. The zero-order valence-electron chi connectivity index (χ0n) is 14.5. The van der Waals surface area contributed by atoms with Gasteiger partial charge in [0, 0.05) is 43.4 Å². The predicted octanol–water partition coefficient (Wildman–Crippen LogP) is 4.00. The van der Waals surface area contributed by atoms with Crippen LogP contribution in [-0.2, 0) is 0 Å². The van der Waals surface area contributed by atoms with E-state index in [1.807, 2.05) is 17.0 Å². The number of likely N-dealkylation sites (tertiary alicyclic amines) is 1. The first-order valence-electron chi connectivity index (χ1n) is 9.19. The van der Waals surface area contributed by atoms with Crippen molar-refractivity contribution in [1.82, 2.24) is 10.2 Å². The van der Waals surface area contributed by atoms with E-state index in [0.29, 0.717) is 5.92 Å². The third-order valence-corrected chi connectivity index (χ3v) is 5.75. The number of halogens is 1. The van der Waals surface area contributed by atoms with Crippen molar-refractivity contribution in [3.8, 4) is 0 Å². The average molecular weight is 350 g/mol. The van der Waals surface area contributed by atoms with Gasteiger partial charge in [-0.1, -0.05) is 24.9 Å². The smallest absolute Gasteiger partial charge is 0.317 e. The van der Waals surface area contributed by atoms with Crippen molar-refractivity contribution in [3.05, 3.63) is 29.3 Å². The lowest BCUT2D eigenvalue weighted by atomic mass is 9.95. The fourth-order valence-electron chi connectivity index (χ4n) is 3.77. The van der Waals surface area contributed by atoms with E-state index in [2.05, 4.69) is 29.3 Å².